The molecule has 0 amide bonds. The van der Waals surface area contributed by atoms with Crippen LogP contribution in [0, 0.1) is 13.8 Å². The smallest absolute Gasteiger partial charge is 0.156 e. The van der Waals surface area contributed by atoms with Gasteiger partial charge in [0.15, 0.2) is 5.75 Å². The molecule has 1 unspecified atom stereocenters. The number of rotatable bonds is 5. The first kappa shape index (κ1) is 17.2. The van der Waals surface area contributed by atoms with E-state index in [1.807, 2.05) is 18.2 Å². The third-order valence-electron chi connectivity index (χ3n) is 4.78. The number of pyridine rings is 1. The summed E-state index contributed by atoms with van der Waals surface area (Å²) in [5.41, 5.74) is 5.74. The van der Waals surface area contributed by atoms with Crippen molar-refractivity contribution < 1.29 is 4.74 Å². The highest BCUT2D eigenvalue weighted by Crippen LogP contribution is 2.29. The minimum absolute atomic E-state index is 0.0645. The molecule has 1 atom stereocenters. The molecule has 2 heterocycles. The molecular weight excluding hydrogens is 334 g/mol. The quantitative estimate of drug-likeness (QED) is 0.659. The minimum atomic E-state index is 0.0645. The van der Waals surface area contributed by atoms with Gasteiger partial charge < -0.3 is 4.74 Å². The first-order valence-electron chi connectivity index (χ1n) is 9.02. The molecule has 0 saturated heterocycles. The van der Waals surface area contributed by atoms with Crippen LogP contribution >= 0.6 is 0 Å². The molecule has 134 valence electrons. The van der Waals surface area contributed by atoms with Gasteiger partial charge in [-0.05, 0) is 48.2 Å². The summed E-state index contributed by atoms with van der Waals surface area (Å²) in [7, 11) is 0. The van der Waals surface area contributed by atoms with Crippen molar-refractivity contribution in [3.63, 3.8) is 0 Å². The van der Waals surface area contributed by atoms with Gasteiger partial charge in [-0.15, -0.1) is 0 Å². The molecular formula is C23H21N3O. The Morgan fingerprint density at radius 1 is 0.926 bits per heavy atom. The molecule has 27 heavy (non-hydrogen) atoms. The number of hydrogen-bond donors (Lipinski definition) is 0. The molecule has 1 aliphatic rings. The summed E-state index contributed by atoms with van der Waals surface area (Å²) in [5, 5.41) is 0. The van der Waals surface area contributed by atoms with Crippen LogP contribution in [0.25, 0.3) is 5.57 Å². The van der Waals surface area contributed by atoms with E-state index in [1.165, 1.54) is 16.7 Å². The molecule has 4 nitrogen and oxygen atoms in total. The average Bonchev–Trinajstić information content (AvgIpc) is 3.19. The zero-order valence-electron chi connectivity index (χ0n) is 15.5. The molecule has 3 aromatic rings. The number of hydrogen-bond acceptors (Lipinski definition) is 4. The lowest BCUT2D eigenvalue weighted by Crippen LogP contribution is -2.03. The predicted octanol–water partition coefficient (Wildman–Crippen LogP) is 4.80. The maximum absolute atomic E-state index is 5.89. The molecule has 1 aliphatic carbocycles. The van der Waals surface area contributed by atoms with E-state index in [9.17, 15) is 0 Å². The van der Waals surface area contributed by atoms with Gasteiger partial charge in [0.1, 0.15) is 12.4 Å². The maximum atomic E-state index is 5.89. The number of allylic oxidation sites excluding steroid dienone is 4. The normalized spacial score (nSPS) is 15.6. The SMILES string of the molecule is Cc1cccc(C)c1COc1cnc(C2C=CC(c3ccccn3)=C2)nc1. The van der Waals surface area contributed by atoms with E-state index in [0.717, 1.165) is 17.1 Å². The van der Waals surface area contributed by atoms with Crippen molar-refractivity contribution in [3.05, 3.63) is 101 Å². The van der Waals surface area contributed by atoms with Crippen molar-refractivity contribution in [1.82, 2.24) is 15.0 Å². The van der Waals surface area contributed by atoms with Crippen molar-refractivity contribution in [2.45, 2.75) is 26.4 Å². The Bertz CT molecular complexity index is 972. The number of aromatic nitrogens is 3. The van der Waals surface area contributed by atoms with Crippen LogP contribution in [-0.4, -0.2) is 15.0 Å². The predicted molar refractivity (Wildman–Crippen MR) is 106 cm³/mol. The Morgan fingerprint density at radius 2 is 1.70 bits per heavy atom. The fourth-order valence-corrected chi connectivity index (χ4v) is 3.18. The second kappa shape index (κ2) is 7.54. The van der Waals surface area contributed by atoms with E-state index in [-0.39, 0.29) is 5.92 Å². The first-order valence-corrected chi connectivity index (χ1v) is 9.02. The standard InChI is InChI=1S/C23H21N3O/c1-16-6-5-7-17(2)21(16)15-27-20-13-25-23(26-14-20)19-10-9-18(12-19)22-8-3-4-11-24-22/h3-14,19H,15H2,1-2H3. The van der Waals surface area contributed by atoms with Crippen LogP contribution in [-0.2, 0) is 6.61 Å². The molecule has 0 saturated carbocycles. The molecule has 0 aliphatic heterocycles. The first-order chi connectivity index (χ1) is 13.2. The van der Waals surface area contributed by atoms with Gasteiger partial charge >= 0.3 is 0 Å². The molecule has 2 aromatic heterocycles. The van der Waals surface area contributed by atoms with Gasteiger partial charge in [0.25, 0.3) is 0 Å². The highest BCUT2D eigenvalue weighted by atomic mass is 16.5. The lowest BCUT2D eigenvalue weighted by atomic mass is 10.0. The van der Waals surface area contributed by atoms with Gasteiger partial charge in [0.05, 0.1) is 24.0 Å². The highest BCUT2D eigenvalue weighted by molar-refractivity contribution is 5.75. The summed E-state index contributed by atoms with van der Waals surface area (Å²) < 4.78 is 5.89. The number of benzene rings is 1. The fraction of sp³-hybridized carbons (Fsp3) is 0.174. The Labute approximate surface area is 159 Å². The summed E-state index contributed by atoms with van der Waals surface area (Å²) in [4.78, 5) is 13.4. The lowest BCUT2D eigenvalue weighted by Gasteiger charge is -2.11. The summed E-state index contributed by atoms with van der Waals surface area (Å²) in [6.07, 6.45) is 11.6. The van der Waals surface area contributed by atoms with E-state index in [0.29, 0.717) is 12.4 Å². The van der Waals surface area contributed by atoms with E-state index in [4.69, 9.17) is 4.74 Å². The Hall–Kier alpha value is -3.27. The monoisotopic (exact) mass is 355 g/mol. The Morgan fingerprint density at radius 3 is 2.41 bits per heavy atom. The maximum Gasteiger partial charge on any atom is 0.156 e. The van der Waals surface area contributed by atoms with Crippen molar-refractivity contribution in [3.8, 4) is 5.75 Å². The number of ether oxygens (including phenoxy) is 1. The molecule has 0 fully saturated rings. The van der Waals surface area contributed by atoms with Crippen molar-refractivity contribution in [2.24, 2.45) is 0 Å². The van der Waals surface area contributed by atoms with Crippen LogP contribution in [0.5, 0.6) is 5.75 Å². The average molecular weight is 355 g/mol. The second-order valence-electron chi connectivity index (χ2n) is 6.66. The summed E-state index contributed by atoms with van der Waals surface area (Å²) in [5.74, 6) is 1.50. The molecule has 4 rings (SSSR count). The van der Waals surface area contributed by atoms with E-state index in [1.54, 1.807) is 18.6 Å². The molecule has 0 N–H and O–H groups in total. The van der Waals surface area contributed by atoms with Gasteiger partial charge in [0.2, 0.25) is 0 Å². The van der Waals surface area contributed by atoms with E-state index < -0.39 is 0 Å². The summed E-state index contributed by atoms with van der Waals surface area (Å²) >= 11 is 0. The fourth-order valence-electron chi connectivity index (χ4n) is 3.18. The van der Waals surface area contributed by atoms with Crippen LogP contribution < -0.4 is 4.74 Å². The van der Waals surface area contributed by atoms with Crippen LogP contribution in [0.3, 0.4) is 0 Å². The van der Waals surface area contributed by atoms with Crippen LogP contribution in [0.15, 0.2) is 73.2 Å². The van der Waals surface area contributed by atoms with Crippen molar-refractivity contribution in [2.75, 3.05) is 0 Å². The van der Waals surface area contributed by atoms with Crippen molar-refractivity contribution >= 4 is 5.57 Å². The van der Waals surface area contributed by atoms with Gasteiger partial charge in [-0.2, -0.15) is 0 Å². The highest BCUT2D eigenvalue weighted by Gasteiger charge is 2.16. The summed E-state index contributed by atoms with van der Waals surface area (Å²) in [6, 6.07) is 12.2. The minimum Gasteiger partial charge on any atom is -0.486 e. The zero-order valence-corrected chi connectivity index (χ0v) is 15.5. The molecule has 0 spiro atoms. The van der Waals surface area contributed by atoms with Gasteiger partial charge in [-0.1, -0.05) is 42.5 Å². The summed E-state index contributed by atoms with van der Waals surface area (Å²) in [6.45, 7) is 4.72. The third-order valence-corrected chi connectivity index (χ3v) is 4.78. The van der Waals surface area contributed by atoms with E-state index in [2.05, 4.69) is 65.2 Å². The second-order valence-corrected chi connectivity index (χ2v) is 6.66. The van der Waals surface area contributed by atoms with Gasteiger partial charge in [-0.3, -0.25) is 4.98 Å². The molecule has 0 bridgehead atoms. The number of nitrogens with zero attached hydrogens (tertiary/aromatic N) is 3. The van der Waals surface area contributed by atoms with Crippen LogP contribution in [0.2, 0.25) is 0 Å². The van der Waals surface area contributed by atoms with E-state index >= 15 is 0 Å². The Kier molecular flexibility index (Phi) is 4.79. The van der Waals surface area contributed by atoms with Crippen LogP contribution in [0.1, 0.15) is 34.1 Å². The lowest BCUT2D eigenvalue weighted by molar-refractivity contribution is 0.301. The molecule has 0 radical (unpaired) electrons. The zero-order chi connectivity index (χ0) is 18.6. The molecule has 4 heteroatoms. The van der Waals surface area contributed by atoms with Crippen molar-refractivity contribution in [1.29, 1.82) is 0 Å². The van der Waals surface area contributed by atoms with Gasteiger partial charge in [-0.25, -0.2) is 9.97 Å². The topological polar surface area (TPSA) is 47.9 Å². The largest absolute Gasteiger partial charge is 0.486 e. The number of aryl methyl sites for hydroxylation is 2. The van der Waals surface area contributed by atoms with Crippen LogP contribution in [0.4, 0.5) is 0 Å². The molecule has 1 aromatic carbocycles. The Balaban J connectivity index is 1.44. The third kappa shape index (κ3) is 3.80. The van der Waals surface area contributed by atoms with Gasteiger partial charge in [0, 0.05) is 6.20 Å².